The lowest BCUT2D eigenvalue weighted by Gasteiger charge is -2.07. The Balaban J connectivity index is 3.36. The third-order valence-corrected chi connectivity index (χ3v) is 2.48. The fourth-order valence-electron chi connectivity index (χ4n) is 0.923. The van der Waals surface area contributed by atoms with E-state index in [1.807, 2.05) is 6.92 Å². The zero-order valence-corrected chi connectivity index (χ0v) is 9.35. The molecule has 1 amide bonds. The molecule has 0 unspecified atom stereocenters. The second-order valence-corrected chi connectivity index (χ2v) is 3.78. The van der Waals surface area contributed by atoms with Crippen LogP contribution in [0.4, 0.5) is 0 Å². The maximum atomic E-state index is 11.0. The highest BCUT2D eigenvalue weighted by molar-refractivity contribution is 14.1. The lowest BCUT2D eigenvalue weighted by Crippen LogP contribution is -2.25. The lowest BCUT2D eigenvalue weighted by atomic mass is 10.0. The van der Waals surface area contributed by atoms with Crippen molar-refractivity contribution in [1.82, 2.24) is 5.32 Å². The zero-order valence-electron chi connectivity index (χ0n) is 7.19. The molecular formula is C8H16INO. The smallest absolute Gasteiger partial charge is 0.222 e. The molecule has 0 radical (unpaired) electrons. The Morgan fingerprint density at radius 2 is 2.18 bits per heavy atom. The number of carbonyl (C=O) groups excluding carboxylic acids is 1. The summed E-state index contributed by atoms with van der Waals surface area (Å²) in [5, 5.41) is 2.65. The van der Waals surface area contributed by atoms with E-state index >= 15 is 0 Å². The Morgan fingerprint density at radius 3 is 2.64 bits per heavy atom. The minimum absolute atomic E-state index is 0.165. The van der Waals surface area contributed by atoms with Gasteiger partial charge in [-0.1, -0.05) is 35.9 Å². The molecule has 1 N–H and O–H groups in total. The third kappa shape index (κ3) is 5.47. The first kappa shape index (κ1) is 11.2. The number of halogens is 1. The van der Waals surface area contributed by atoms with Crippen LogP contribution in [0.25, 0.3) is 0 Å². The number of carbonyl (C=O) groups is 1. The summed E-state index contributed by atoms with van der Waals surface area (Å²) in [6.45, 7) is 1.98. The highest BCUT2D eigenvalue weighted by Gasteiger charge is 2.08. The van der Waals surface area contributed by atoms with E-state index in [1.165, 1.54) is 10.8 Å². The van der Waals surface area contributed by atoms with Gasteiger partial charge in [0.15, 0.2) is 0 Å². The standard InChI is InChI=1S/C8H16INO/c1-7(8(11)10-2)5-3-4-6-9/h7H,3-6H2,1-2H3,(H,10,11)/t7-/m1/s1. The van der Waals surface area contributed by atoms with Crippen LogP contribution in [0.2, 0.25) is 0 Å². The molecule has 0 spiro atoms. The van der Waals surface area contributed by atoms with Gasteiger partial charge in [0, 0.05) is 13.0 Å². The highest BCUT2D eigenvalue weighted by Crippen LogP contribution is 2.08. The predicted octanol–water partition coefficient (Wildman–Crippen LogP) is 1.97. The van der Waals surface area contributed by atoms with Gasteiger partial charge in [0.2, 0.25) is 5.91 Å². The second kappa shape index (κ2) is 6.88. The van der Waals surface area contributed by atoms with Gasteiger partial charge in [0.25, 0.3) is 0 Å². The summed E-state index contributed by atoms with van der Waals surface area (Å²) in [6, 6.07) is 0. The van der Waals surface area contributed by atoms with Crippen LogP contribution < -0.4 is 5.32 Å². The van der Waals surface area contributed by atoms with E-state index in [0.717, 1.165) is 12.8 Å². The van der Waals surface area contributed by atoms with Crippen LogP contribution in [0, 0.1) is 5.92 Å². The molecule has 1 atom stereocenters. The van der Waals surface area contributed by atoms with Crippen molar-refractivity contribution < 1.29 is 4.79 Å². The van der Waals surface area contributed by atoms with E-state index in [4.69, 9.17) is 0 Å². The molecule has 0 aromatic heterocycles. The molecule has 11 heavy (non-hydrogen) atoms. The van der Waals surface area contributed by atoms with Crippen LogP contribution in [0.3, 0.4) is 0 Å². The molecule has 0 bridgehead atoms. The van der Waals surface area contributed by atoms with Crippen molar-refractivity contribution in [3.63, 3.8) is 0 Å². The van der Waals surface area contributed by atoms with Gasteiger partial charge < -0.3 is 5.32 Å². The van der Waals surface area contributed by atoms with Crippen molar-refractivity contribution in [2.24, 2.45) is 5.92 Å². The summed E-state index contributed by atoms with van der Waals surface area (Å²) >= 11 is 2.36. The Bertz CT molecular complexity index is 117. The minimum atomic E-state index is 0.165. The number of alkyl halides is 1. The first-order valence-electron chi connectivity index (χ1n) is 4.00. The number of amides is 1. The zero-order chi connectivity index (χ0) is 8.69. The van der Waals surface area contributed by atoms with Gasteiger partial charge in [0.1, 0.15) is 0 Å². The van der Waals surface area contributed by atoms with Gasteiger partial charge >= 0.3 is 0 Å². The summed E-state index contributed by atoms with van der Waals surface area (Å²) in [5.74, 6) is 0.349. The molecule has 0 aliphatic carbocycles. The van der Waals surface area contributed by atoms with Crippen LogP contribution in [0.5, 0.6) is 0 Å². The number of hydrogen-bond acceptors (Lipinski definition) is 1. The molecule has 0 rings (SSSR count). The van der Waals surface area contributed by atoms with Crippen molar-refractivity contribution in [1.29, 1.82) is 0 Å². The summed E-state index contributed by atoms with van der Waals surface area (Å²) in [6.07, 6.45) is 3.40. The monoisotopic (exact) mass is 269 g/mol. The quantitative estimate of drug-likeness (QED) is 0.461. The average Bonchev–Trinajstić information content (AvgIpc) is 2.03. The molecular weight excluding hydrogens is 253 g/mol. The molecule has 0 saturated heterocycles. The Hall–Kier alpha value is 0.200. The maximum Gasteiger partial charge on any atom is 0.222 e. The van der Waals surface area contributed by atoms with Crippen LogP contribution in [0.15, 0.2) is 0 Å². The van der Waals surface area contributed by atoms with E-state index in [-0.39, 0.29) is 11.8 Å². The topological polar surface area (TPSA) is 29.1 Å². The van der Waals surface area contributed by atoms with E-state index in [1.54, 1.807) is 7.05 Å². The fraction of sp³-hybridized carbons (Fsp3) is 0.875. The van der Waals surface area contributed by atoms with E-state index in [0.29, 0.717) is 0 Å². The van der Waals surface area contributed by atoms with Crippen LogP contribution >= 0.6 is 22.6 Å². The normalized spacial score (nSPS) is 12.6. The number of rotatable bonds is 5. The highest BCUT2D eigenvalue weighted by atomic mass is 127. The van der Waals surface area contributed by atoms with E-state index in [9.17, 15) is 4.79 Å². The molecule has 2 nitrogen and oxygen atoms in total. The number of unbranched alkanes of at least 4 members (excludes halogenated alkanes) is 1. The molecule has 0 heterocycles. The fourth-order valence-corrected chi connectivity index (χ4v) is 1.46. The molecule has 0 fully saturated rings. The molecule has 0 aliphatic rings. The van der Waals surface area contributed by atoms with Crippen LogP contribution in [-0.4, -0.2) is 17.4 Å². The molecule has 0 aliphatic heterocycles. The summed E-state index contributed by atoms with van der Waals surface area (Å²) in [4.78, 5) is 11.0. The SMILES string of the molecule is CNC(=O)[C@H](C)CCCCI. The Kier molecular flexibility index (Phi) is 7.01. The van der Waals surface area contributed by atoms with E-state index < -0.39 is 0 Å². The summed E-state index contributed by atoms with van der Waals surface area (Å²) in [7, 11) is 1.69. The molecule has 0 aromatic rings. The number of hydrogen-bond donors (Lipinski definition) is 1. The van der Waals surface area contributed by atoms with Gasteiger partial charge in [-0.3, -0.25) is 4.79 Å². The second-order valence-electron chi connectivity index (χ2n) is 2.70. The Morgan fingerprint density at radius 1 is 1.55 bits per heavy atom. The summed E-state index contributed by atoms with van der Waals surface area (Å²) < 4.78 is 1.19. The molecule has 0 aromatic carbocycles. The van der Waals surface area contributed by atoms with Gasteiger partial charge in [-0.15, -0.1) is 0 Å². The Labute approximate surface area is 82.3 Å². The van der Waals surface area contributed by atoms with Crippen LogP contribution in [-0.2, 0) is 4.79 Å². The van der Waals surface area contributed by atoms with Crippen molar-refractivity contribution in [2.75, 3.05) is 11.5 Å². The van der Waals surface area contributed by atoms with Gasteiger partial charge in [-0.25, -0.2) is 0 Å². The molecule has 3 heteroatoms. The number of nitrogens with one attached hydrogen (secondary N) is 1. The van der Waals surface area contributed by atoms with Gasteiger partial charge in [-0.2, -0.15) is 0 Å². The van der Waals surface area contributed by atoms with Crippen molar-refractivity contribution >= 4 is 28.5 Å². The minimum Gasteiger partial charge on any atom is -0.359 e. The molecule has 0 saturated carbocycles. The summed E-state index contributed by atoms with van der Waals surface area (Å²) in [5.41, 5.74) is 0. The van der Waals surface area contributed by atoms with E-state index in [2.05, 4.69) is 27.9 Å². The van der Waals surface area contributed by atoms with Crippen LogP contribution in [0.1, 0.15) is 26.2 Å². The predicted molar refractivity (Wildman–Crippen MR) is 56.0 cm³/mol. The van der Waals surface area contributed by atoms with Gasteiger partial charge in [-0.05, 0) is 17.3 Å². The molecule has 66 valence electrons. The van der Waals surface area contributed by atoms with Crippen molar-refractivity contribution in [3.8, 4) is 0 Å². The first-order chi connectivity index (χ1) is 5.22. The maximum absolute atomic E-state index is 11.0. The van der Waals surface area contributed by atoms with Crippen molar-refractivity contribution in [3.05, 3.63) is 0 Å². The first-order valence-corrected chi connectivity index (χ1v) is 5.52. The average molecular weight is 269 g/mol. The van der Waals surface area contributed by atoms with Crippen molar-refractivity contribution in [2.45, 2.75) is 26.2 Å². The lowest BCUT2D eigenvalue weighted by molar-refractivity contribution is -0.124. The largest absolute Gasteiger partial charge is 0.359 e. The third-order valence-electron chi connectivity index (χ3n) is 1.71. The van der Waals surface area contributed by atoms with Gasteiger partial charge in [0.05, 0.1) is 0 Å².